The molecule has 0 bridgehead atoms. The molecule has 0 radical (unpaired) electrons. The van der Waals surface area contributed by atoms with Gasteiger partial charge in [-0.15, -0.1) is 0 Å². The van der Waals surface area contributed by atoms with Gasteiger partial charge in [0.15, 0.2) is 11.9 Å². The molecule has 168 valence electrons. The number of aromatic amines is 2. The summed E-state index contributed by atoms with van der Waals surface area (Å²) in [6, 6.07) is 15.1. The highest BCUT2D eigenvalue weighted by molar-refractivity contribution is 5.99. The molecule has 0 spiro atoms. The first-order chi connectivity index (χ1) is 16.0. The number of nitrogens with one attached hydrogen (secondary N) is 3. The molecular formula is C24H24N6O3. The van der Waals surface area contributed by atoms with E-state index in [1.54, 1.807) is 23.1 Å². The highest BCUT2D eigenvalue weighted by atomic mass is 16.5. The second-order valence-corrected chi connectivity index (χ2v) is 8.14. The molecule has 9 nitrogen and oxygen atoms in total. The van der Waals surface area contributed by atoms with Crippen LogP contribution >= 0.6 is 0 Å². The van der Waals surface area contributed by atoms with E-state index in [1.807, 2.05) is 44.2 Å². The fraction of sp³-hybridized carbons (Fsp3) is 0.250. The lowest BCUT2D eigenvalue weighted by atomic mass is 10.1. The lowest BCUT2D eigenvalue weighted by molar-refractivity contribution is -0.131. The summed E-state index contributed by atoms with van der Waals surface area (Å²) < 4.78 is 5.65. The van der Waals surface area contributed by atoms with Crippen molar-refractivity contribution < 1.29 is 14.3 Å². The van der Waals surface area contributed by atoms with Gasteiger partial charge in [-0.2, -0.15) is 5.10 Å². The van der Waals surface area contributed by atoms with Crippen molar-refractivity contribution >= 4 is 28.7 Å². The lowest BCUT2D eigenvalue weighted by Gasteiger charge is -2.32. The fourth-order valence-electron chi connectivity index (χ4n) is 4.05. The smallest absolute Gasteiger partial charge is 0.256 e. The van der Waals surface area contributed by atoms with Gasteiger partial charge >= 0.3 is 0 Å². The molecule has 1 unspecified atom stereocenters. The maximum Gasteiger partial charge on any atom is 0.256 e. The van der Waals surface area contributed by atoms with E-state index in [-0.39, 0.29) is 25.0 Å². The average Bonchev–Trinajstić information content (AvgIpc) is 3.43. The van der Waals surface area contributed by atoms with Gasteiger partial charge in [0.2, 0.25) is 0 Å². The van der Waals surface area contributed by atoms with E-state index >= 15 is 0 Å². The number of carbonyl (C=O) groups is 2. The number of nitrogens with zero attached hydrogens (tertiary/aromatic N) is 3. The number of anilines is 1. The minimum atomic E-state index is -0.778. The first kappa shape index (κ1) is 20.9. The molecule has 1 aliphatic rings. The second kappa shape index (κ2) is 8.51. The second-order valence-electron chi connectivity index (χ2n) is 8.14. The van der Waals surface area contributed by atoms with E-state index in [9.17, 15) is 9.59 Å². The van der Waals surface area contributed by atoms with Crippen LogP contribution in [0.15, 0.2) is 48.5 Å². The number of aromatic nitrogens is 4. The van der Waals surface area contributed by atoms with Crippen LogP contribution in [0, 0.1) is 13.8 Å². The Bertz CT molecular complexity index is 1340. The summed E-state index contributed by atoms with van der Waals surface area (Å²) in [4.78, 5) is 35.0. The number of benzene rings is 2. The van der Waals surface area contributed by atoms with Crippen LogP contribution in [0.2, 0.25) is 0 Å². The third kappa shape index (κ3) is 4.22. The molecule has 4 aromatic rings. The lowest BCUT2D eigenvalue weighted by Crippen LogP contribution is -2.50. The van der Waals surface area contributed by atoms with Gasteiger partial charge < -0.3 is 19.9 Å². The highest BCUT2D eigenvalue weighted by Gasteiger charge is 2.30. The molecule has 0 saturated carbocycles. The van der Waals surface area contributed by atoms with E-state index in [1.165, 1.54) is 0 Å². The Kier molecular flexibility index (Phi) is 5.39. The van der Waals surface area contributed by atoms with Crippen LogP contribution in [-0.2, 0) is 9.53 Å². The Balaban J connectivity index is 1.26. The van der Waals surface area contributed by atoms with Crippen LogP contribution < -0.4 is 5.32 Å². The molecule has 1 atom stereocenters. The normalized spacial score (nSPS) is 16.2. The number of ether oxygens (including phenoxy) is 1. The van der Waals surface area contributed by atoms with Gasteiger partial charge in [-0.05, 0) is 37.6 Å². The topological polar surface area (TPSA) is 116 Å². The van der Waals surface area contributed by atoms with Gasteiger partial charge in [0, 0.05) is 23.7 Å². The molecule has 5 rings (SSSR count). The Labute approximate surface area is 190 Å². The van der Waals surface area contributed by atoms with Crippen molar-refractivity contribution in [1.82, 2.24) is 25.1 Å². The Morgan fingerprint density at radius 3 is 2.85 bits per heavy atom. The maximum absolute atomic E-state index is 13.1. The van der Waals surface area contributed by atoms with Crippen molar-refractivity contribution in [2.75, 3.05) is 25.0 Å². The number of amides is 2. The number of carbonyl (C=O) groups excluding carboxylic acids is 2. The van der Waals surface area contributed by atoms with Gasteiger partial charge in [0.25, 0.3) is 11.8 Å². The van der Waals surface area contributed by atoms with Gasteiger partial charge in [-0.3, -0.25) is 14.7 Å². The molecule has 9 heteroatoms. The molecule has 3 N–H and O–H groups in total. The van der Waals surface area contributed by atoms with Crippen LogP contribution in [0.25, 0.3) is 22.3 Å². The molecule has 1 aliphatic heterocycles. The molecule has 3 heterocycles. The fourth-order valence-corrected chi connectivity index (χ4v) is 4.05. The number of imidazole rings is 1. The molecule has 0 aliphatic carbocycles. The first-order valence-electron chi connectivity index (χ1n) is 10.8. The first-order valence-corrected chi connectivity index (χ1v) is 10.8. The van der Waals surface area contributed by atoms with Gasteiger partial charge in [-0.25, -0.2) is 4.98 Å². The van der Waals surface area contributed by atoms with Crippen LogP contribution in [-0.4, -0.2) is 62.7 Å². The van der Waals surface area contributed by atoms with E-state index in [0.29, 0.717) is 17.9 Å². The van der Waals surface area contributed by atoms with Crippen molar-refractivity contribution in [3.8, 4) is 11.3 Å². The van der Waals surface area contributed by atoms with E-state index in [0.717, 1.165) is 33.7 Å². The summed E-state index contributed by atoms with van der Waals surface area (Å²) in [5.41, 5.74) is 5.10. The number of fused-ring (bicyclic) bond motifs is 1. The van der Waals surface area contributed by atoms with Crippen molar-refractivity contribution in [1.29, 1.82) is 0 Å². The van der Waals surface area contributed by atoms with Crippen LogP contribution in [0.3, 0.4) is 0 Å². The molecule has 1 fully saturated rings. The molecular weight excluding hydrogens is 420 g/mol. The number of rotatable bonds is 4. The number of hydrogen-bond acceptors (Lipinski definition) is 5. The molecule has 2 aromatic carbocycles. The summed E-state index contributed by atoms with van der Waals surface area (Å²) in [5.74, 6) is 0.717. The Hall–Kier alpha value is -3.98. The minimum Gasteiger partial charge on any atom is -0.365 e. The van der Waals surface area contributed by atoms with Crippen molar-refractivity contribution in [3.63, 3.8) is 0 Å². The summed E-state index contributed by atoms with van der Waals surface area (Å²) in [6.07, 6.45) is -0.778. The number of morpholine rings is 1. The molecule has 2 amide bonds. The zero-order valence-corrected chi connectivity index (χ0v) is 18.4. The minimum absolute atomic E-state index is 0.146. The summed E-state index contributed by atoms with van der Waals surface area (Å²) in [5, 5.41) is 9.95. The summed E-state index contributed by atoms with van der Waals surface area (Å²) >= 11 is 0. The van der Waals surface area contributed by atoms with Gasteiger partial charge in [0.1, 0.15) is 5.82 Å². The Morgan fingerprint density at radius 2 is 2.00 bits per heavy atom. The van der Waals surface area contributed by atoms with Crippen molar-refractivity contribution in [2.24, 2.45) is 0 Å². The monoisotopic (exact) mass is 444 g/mol. The van der Waals surface area contributed by atoms with E-state index < -0.39 is 6.10 Å². The largest absolute Gasteiger partial charge is 0.365 e. The third-order valence-corrected chi connectivity index (χ3v) is 5.76. The summed E-state index contributed by atoms with van der Waals surface area (Å²) in [7, 11) is 0. The zero-order valence-electron chi connectivity index (χ0n) is 18.4. The van der Waals surface area contributed by atoms with Crippen molar-refractivity contribution in [2.45, 2.75) is 20.0 Å². The summed E-state index contributed by atoms with van der Waals surface area (Å²) in [6.45, 7) is 4.75. The quantitative estimate of drug-likeness (QED) is 0.447. The van der Waals surface area contributed by atoms with Crippen LogP contribution in [0.1, 0.15) is 21.7 Å². The standard InChI is InChI=1S/C24H24N6O3/c1-14-5-3-4-6-17(14)19-12-22(29-28-19)27-23(31)21-13-30(9-10-33-21)24(32)16-7-8-18-20(11-16)26-15(2)25-18/h3-8,11-12,21H,9-10,13H2,1-2H3,(H,25,26)(H2,27,28,29,31). The third-order valence-electron chi connectivity index (χ3n) is 5.76. The SMILES string of the molecule is Cc1nc2ccc(C(=O)N3CCOC(C(=O)Nc4cc(-c5ccccc5C)[nH]n4)C3)cc2[nH]1. The maximum atomic E-state index is 13.1. The van der Waals surface area contributed by atoms with Crippen LogP contribution in [0.4, 0.5) is 5.82 Å². The zero-order chi connectivity index (χ0) is 22.9. The van der Waals surface area contributed by atoms with E-state index in [2.05, 4.69) is 25.5 Å². The number of aryl methyl sites for hydroxylation is 2. The Morgan fingerprint density at radius 1 is 1.15 bits per heavy atom. The van der Waals surface area contributed by atoms with E-state index in [4.69, 9.17) is 4.74 Å². The average molecular weight is 444 g/mol. The molecule has 1 saturated heterocycles. The number of H-pyrrole nitrogens is 2. The van der Waals surface area contributed by atoms with Crippen molar-refractivity contribution in [3.05, 3.63) is 65.5 Å². The highest BCUT2D eigenvalue weighted by Crippen LogP contribution is 2.23. The van der Waals surface area contributed by atoms with Crippen LogP contribution in [0.5, 0.6) is 0 Å². The van der Waals surface area contributed by atoms with Gasteiger partial charge in [0.05, 0.1) is 29.9 Å². The number of hydrogen-bond donors (Lipinski definition) is 3. The molecule has 33 heavy (non-hydrogen) atoms. The predicted molar refractivity (Wildman–Crippen MR) is 124 cm³/mol. The van der Waals surface area contributed by atoms with Gasteiger partial charge in [-0.1, -0.05) is 24.3 Å². The molecule has 2 aromatic heterocycles. The predicted octanol–water partition coefficient (Wildman–Crippen LogP) is 3.05.